The quantitative estimate of drug-likeness (QED) is 0.534. The third-order valence-corrected chi connectivity index (χ3v) is 3.67. The number of benzene rings is 2. The molecule has 2 rings (SSSR count). The van der Waals surface area contributed by atoms with Crippen LogP contribution in [0.15, 0.2) is 48.5 Å². The Labute approximate surface area is 127 Å². The zero-order valence-corrected chi connectivity index (χ0v) is 12.2. The van der Waals surface area contributed by atoms with Gasteiger partial charge in [-0.1, -0.05) is 35.3 Å². The first-order valence-corrected chi connectivity index (χ1v) is 6.94. The Kier molecular flexibility index (Phi) is 4.87. The van der Waals surface area contributed by atoms with Crippen LogP contribution in [0.2, 0.25) is 10.0 Å². The lowest BCUT2D eigenvalue weighted by Crippen LogP contribution is -2.03. The van der Waals surface area contributed by atoms with Gasteiger partial charge in [0, 0.05) is 22.0 Å². The summed E-state index contributed by atoms with van der Waals surface area (Å²) >= 11 is 17.8. The van der Waals surface area contributed by atoms with E-state index in [1.165, 1.54) is 0 Å². The molecule has 2 aromatic rings. The number of hydrogen-bond donors (Lipinski definition) is 0. The van der Waals surface area contributed by atoms with Gasteiger partial charge in [-0.2, -0.15) is 0 Å². The van der Waals surface area contributed by atoms with Crippen LogP contribution in [0.3, 0.4) is 0 Å². The van der Waals surface area contributed by atoms with E-state index < -0.39 is 0 Å². The summed E-state index contributed by atoms with van der Waals surface area (Å²) in [5, 5.41) is 0.897. The number of ketones is 1. The first kappa shape index (κ1) is 14.4. The molecule has 0 amide bonds. The van der Waals surface area contributed by atoms with Crippen LogP contribution in [0, 0.1) is 0 Å². The van der Waals surface area contributed by atoms with Crippen molar-refractivity contribution in [2.24, 2.45) is 0 Å². The lowest BCUT2D eigenvalue weighted by Gasteiger charge is -2.09. The first-order valence-electron chi connectivity index (χ1n) is 5.74. The molecule has 0 saturated heterocycles. The second-order valence-corrected chi connectivity index (χ2v) is 5.55. The van der Waals surface area contributed by atoms with Gasteiger partial charge in [0.25, 0.3) is 0 Å². The van der Waals surface area contributed by atoms with Crippen molar-refractivity contribution in [3.8, 4) is 0 Å². The fourth-order valence-electron chi connectivity index (χ4n) is 1.71. The zero-order valence-electron chi connectivity index (χ0n) is 9.95. The maximum absolute atomic E-state index is 12.1. The molecular weight excluding hydrogens is 303 g/mol. The molecule has 98 valence electrons. The Morgan fingerprint density at radius 2 is 1.37 bits per heavy atom. The molecule has 0 bridgehead atoms. The molecule has 0 radical (unpaired) electrons. The number of Topliss-reactive ketones (excluding diaryl/α,β-unsaturated/α-hetero) is 1. The molecule has 0 aromatic heterocycles. The average Bonchev–Trinajstić information content (AvgIpc) is 2.40. The molecule has 0 fully saturated rings. The highest BCUT2D eigenvalue weighted by Gasteiger charge is 2.14. The van der Waals surface area contributed by atoms with Crippen LogP contribution in [0.5, 0.6) is 0 Å². The number of alkyl halides is 1. The first-order chi connectivity index (χ1) is 9.06. The van der Waals surface area contributed by atoms with Crippen molar-refractivity contribution in [2.75, 3.05) is 0 Å². The van der Waals surface area contributed by atoms with Crippen LogP contribution >= 0.6 is 34.8 Å². The molecule has 1 nitrogen and oxygen atoms in total. The van der Waals surface area contributed by atoms with E-state index in [9.17, 15) is 4.79 Å². The van der Waals surface area contributed by atoms with Crippen LogP contribution in [0.1, 0.15) is 27.7 Å². The molecule has 0 saturated carbocycles. The van der Waals surface area contributed by atoms with Gasteiger partial charge in [-0.25, -0.2) is 0 Å². The van der Waals surface area contributed by atoms with E-state index in [0.29, 0.717) is 15.6 Å². The van der Waals surface area contributed by atoms with Gasteiger partial charge in [-0.05, 0) is 42.0 Å². The second-order valence-electron chi connectivity index (χ2n) is 4.15. The van der Waals surface area contributed by atoms with E-state index >= 15 is 0 Å². The third-order valence-electron chi connectivity index (χ3n) is 2.76. The van der Waals surface area contributed by atoms with Crippen molar-refractivity contribution in [2.45, 2.75) is 11.8 Å². The van der Waals surface area contributed by atoms with Gasteiger partial charge in [0.1, 0.15) is 0 Å². The number of carbonyl (C=O) groups excluding carboxylic acids is 1. The largest absolute Gasteiger partial charge is 0.294 e. The normalized spacial score (nSPS) is 12.2. The highest BCUT2D eigenvalue weighted by atomic mass is 35.5. The Hall–Kier alpha value is -1.02. The molecule has 4 heteroatoms. The van der Waals surface area contributed by atoms with Crippen molar-refractivity contribution in [3.05, 3.63) is 69.7 Å². The molecular formula is C15H11Cl3O. The average molecular weight is 314 g/mol. The van der Waals surface area contributed by atoms with E-state index in [1.807, 2.05) is 12.1 Å². The van der Waals surface area contributed by atoms with Gasteiger partial charge < -0.3 is 0 Å². The highest BCUT2D eigenvalue weighted by molar-refractivity contribution is 6.31. The maximum atomic E-state index is 12.1. The zero-order chi connectivity index (χ0) is 13.8. The molecule has 0 aliphatic heterocycles. The Balaban J connectivity index is 2.06. The molecule has 0 aliphatic rings. The second kappa shape index (κ2) is 6.42. The van der Waals surface area contributed by atoms with E-state index in [4.69, 9.17) is 34.8 Å². The Bertz CT molecular complexity index is 561. The van der Waals surface area contributed by atoms with Crippen molar-refractivity contribution in [1.82, 2.24) is 0 Å². The third kappa shape index (κ3) is 3.97. The Morgan fingerprint density at radius 3 is 1.89 bits per heavy atom. The summed E-state index contributed by atoms with van der Waals surface area (Å²) in [5.41, 5.74) is 1.50. The topological polar surface area (TPSA) is 17.1 Å². The number of halogens is 3. The smallest absolute Gasteiger partial charge is 0.164 e. The molecule has 19 heavy (non-hydrogen) atoms. The van der Waals surface area contributed by atoms with Crippen LogP contribution in [-0.4, -0.2) is 5.78 Å². The lowest BCUT2D eigenvalue weighted by atomic mass is 10.0. The van der Waals surface area contributed by atoms with Crippen molar-refractivity contribution in [1.29, 1.82) is 0 Å². The minimum absolute atomic E-state index is 0.00776. The van der Waals surface area contributed by atoms with Gasteiger partial charge in [0.15, 0.2) is 5.78 Å². The van der Waals surface area contributed by atoms with Gasteiger partial charge in [0.2, 0.25) is 0 Å². The summed E-state index contributed by atoms with van der Waals surface area (Å²) in [6, 6.07) is 14.0. The Morgan fingerprint density at radius 1 is 0.895 bits per heavy atom. The van der Waals surface area contributed by atoms with Crippen LogP contribution in [0.25, 0.3) is 0 Å². The molecule has 1 atom stereocenters. The minimum Gasteiger partial charge on any atom is -0.294 e. The maximum Gasteiger partial charge on any atom is 0.164 e. The number of rotatable bonds is 4. The lowest BCUT2D eigenvalue weighted by molar-refractivity contribution is 0.0981. The predicted octanol–water partition coefficient (Wildman–Crippen LogP) is 5.55. The number of carbonyl (C=O) groups is 1. The van der Waals surface area contributed by atoms with Crippen LogP contribution < -0.4 is 0 Å². The standard InChI is InChI=1S/C15H11Cl3O/c16-12-5-1-10(2-6-12)14(18)9-15(19)11-3-7-13(17)8-4-11/h1-8,14H,9H2/t14-/m1/s1. The summed E-state index contributed by atoms with van der Waals surface area (Å²) in [4.78, 5) is 12.1. The van der Waals surface area contributed by atoms with Gasteiger partial charge in [-0.3, -0.25) is 4.79 Å². The fourth-order valence-corrected chi connectivity index (χ4v) is 2.24. The van der Waals surface area contributed by atoms with Crippen molar-refractivity contribution >= 4 is 40.6 Å². The van der Waals surface area contributed by atoms with Crippen molar-refractivity contribution in [3.63, 3.8) is 0 Å². The molecule has 0 spiro atoms. The summed E-state index contributed by atoms with van der Waals surface area (Å²) < 4.78 is 0. The van der Waals surface area contributed by atoms with E-state index in [0.717, 1.165) is 5.56 Å². The molecule has 0 heterocycles. The van der Waals surface area contributed by atoms with Gasteiger partial charge in [-0.15, -0.1) is 11.6 Å². The summed E-state index contributed by atoms with van der Waals surface area (Å²) in [5.74, 6) is -0.00776. The van der Waals surface area contributed by atoms with E-state index in [-0.39, 0.29) is 17.6 Å². The molecule has 0 N–H and O–H groups in total. The fraction of sp³-hybridized carbons (Fsp3) is 0.133. The summed E-state index contributed by atoms with van der Waals surface area (Å²) in [7, 11) is 0. The van der Waals surface area contributed by atoms with Crippen LogP contribution in [-0.2, 0) is 0 Å². The van der Waals surface area contributed by atoms with Crippen LogP contribution in [0.4, 0.5) is 0 Å². The SMILES string of the molecule is O=C(C[C@@H](Cl)c1ccc(Cl)cc1)c1ccc(Cl)cc1. The molecule has 2 aromatic carbocycles. The highest BCUT2D eigenvalue weighted by Crippen LogP contribution is 2.27. The monoisotopic (exact) mass is 312 g/mol. The predicted molar refractivity (Wildman–Crippen MR) is 80.4 cm³/mol. The summed E-state index contributed by atoms with van der Waals surface area (Å²) in [6.45, 7) is 0. The molecule has 0 unspecified atom stereocenters. The summed E-state index contributed by atoms with van der Waals surface area (Å²) in [6.07, 6.45) is 0.241. The van der Waals surface area contributed by atoms with E-state index in [1.54, 1.807) is 36.4 Å². The minimum atomic E-state index is -0.361. The van der Waals surface area contributed by atoms with E-state index in [2.05, 4.69) is 0 Å². The van der Waals surface area contributed by atoms with Crippen molar-refractivity contribution < 1.29 is 4.79 Å². The van der Waals surface area contributed by atoms with Gasteiger partial charge >= 0.3 is 0 Å². The van der Waals surface area contributed by atoms with Gasteiger partial charge in [0.05, 0.1) is 5.38 Å². The number of hydrogen-bond acceptors (Lipinski definition) is 1. The molecule has 0 aliphatic carbocycles.